The summed E-state index contributed by atoms with van der Waals surface area (Å²) in [6.45, 7) is 0. The number of rotatable bonds is 24. The van der Waals surface area contributed by atoms with Crippen LogP contribution < -0.4 is 48.8 Å². The third-order valence-corrected chi connectivity index (χ3v) is 29.3. The molecule has 0 aliphatic carbocycles. The van der Waals surface area contributed by atoms with Gasteiger partial charge < -0.3 is 46.5 Å². The van der Waals surface area contributed by atoms with Crippen molar-refractivity contribution in [1.82, 2.24) is 24.9 Å². The van der Waals surface area contributed by atoms with Crippen LogP contribution in [0.5, 0.6) is 0 Å². The Morgan fingerprint density at radius 2 is 0.560 bits per heavy atom. The van der Waals surface area contributed by atoms with Gasteiger partial charge in [0.05, 0.1) is 111 Å². The summed E-state index contributed by atoms with van der Waals surface area (Å²) in [5.74, 6) is -3.66. The molecule has 0 spiro atoms. The average molecular weight is 2040 g/mol. The lowest BCUT2D eigenvalue weighted by Gasteiger charge is -2.28. The van der Waals surface area contributed by atoms with Crippen LogP contribution in [0.15, 0.2) is 382 Å². The number of carbonyl (C=O) groups excluding carboxylic acids is 4. The topological polar surface area (TPSA) is 272 Å². The number of hydrogen-bond acceptors (Lipinski definition) is 20. The van der Waals surface area contributed by atoms with Crippen molar-refractivity contribution in [1.29, 1.82) is 0 Å². The Morgan fingerprint density at radius 1 is 0.313 bits per heavy atom. The Kier molecular flexibility index (Phi) is 44.4. The fraction of sp³-hybridized carbons (Fsp3) is 0.0467. The first kappa shape index (κ1) is 104. The van der Waals surface area contributed by atoms with E-state index in [0.717, 1.165) is 73.9 Å². The SMILES string of the molecule is COC(=O)c1cccc(/C=C/c2cscn2)c1.COC(=O)c1cccc(CBr)c1.COC(=O)c1cccc(C[P+](c2ccccc2)(c2ccccc2)c2ccccc2)c1.O=C(O)c1cccc(/C=C/c2cscn2)c1.O=C(O)c1cccc(/C=C/c2cscn2)c1.O=C(O)c1cccc(/C=C\c2cscn2)c1.O=Cc1cscn1.[Br-].c1ccc(P(c2ccccc2)c2ccccc2)cc1. The second-order valence-electron chi connectivity index (χ2n) is 27.8. The van der Waals surface area contributed by atoms with E-state index in [1.165, 1.54) is 98.5 Å². The summed E-state index contributed by atoms with van der Waals surface area (Å²) >= 11 is 10.9. The van der Waals surface area contributed by atoms with Gasteiger partial charge in [-0.25, -0.2) is 53.7 Å². The van der Waals surface area contributed by atoms with E-state index in [1.54, 1.807) is 123 Å². The van der Waals surface area contributed by atoms with Crippen molar-refractivity contribution in [2.45, 2.75) is 11.5 Å². The number of carboxylic acids is 3. The minimum absolute atomic E-state index is 0. The Morgan fingerprint density at radius 3 is 0.813 bits per heavy atom. The number of carboxylic acid groups (broad SMARTS) is 3. The first-order valence-corrected chi connectivity index (χ1v) is 49.8. The third-order valence-electron chi connectivity index (χ3n) is 18.8. The number of aromatic carboxylic acids is 3. The number of methoxy groups -OCH3 is 3. The molecule has 5 aromatic heterocycles. The zero-order valence-electron chi connectivity index (χ0n) is 72.4. The molecule has 0 atom stereocenters. The maximum Gasteiger partial charge on any atom is 0.337 e. The van der Waals surface area contributed by atoms with Gasteiger partial charge in [0.15, 0.2) is 6.29 Å². The predicted molar refractivity (Wildman–Crippen MR) is 552 cm³/mol. The number of esters is 3. The monoisotopic (exact) mass is 2030 g/mol. The molecule has 17 aromatic rings. The lowest BCUT2D eigenvalue weighted by atomic mass is 10.1. The number of aromatic nitrogens is 5. The molecule has 674 valence electrons. The number of thiazole rings is 5. The number of ether oxygens (including phenoxy) is 3. The summed E-state index contributed by atoms with van der Waals surface area (Å²) in [6, 6.07) is 107. The summed E-state index contributed by atoms with van der Waals surface area (Å²) in [7, 11) is 1.74. The van der Waals surface area contributed by atoms with Gasteiger partial charge in [-0.15, -0.1) is 56.7 Å². The van der Waals surface area contributed by atoms with Crippen LogP contribution in [-0.2, 0) is 25.7 Å². The highest BCUT2D eigenvalue weighted by Gasteiger charge is 2.45. The standard InChI is InChI=1S/C27H24O2P.C18H15P.C13H11NO2S.3C12H9NO2S.C9H9BrO2.C4H3NOS.BrH/c1-29-27(28)23-13-11-12-22(20-23)21-30(24-14-5-2-6-15-24,25-16-7-3-8-17-25)26-18-9-4-10-19-26;1-4-10-16(11-5-1)19(17-12-6-2-7-13-17)18-14-8-3-9-15-18;1-16-13(15)11-4-2-3-10(7-11)5-6-12-8-17-9-14-12;3*14-12(15)10-3-1-2-9(6-10)4-5-11-7-16-8-13-11;1-12-9(11)8-4-2-3-7(5-8)6-10;6-1-4-2-7-3-5-4;/h2-20H,21H2,1H3;1-15H;2-9H,1H3;3*1-8H,(H,14,15);2-5H,6H2,1H3;1-3H;1H/q+1;;;;;;;;/p-1/b;;6-5+;2*5-4+;5-4-;;;. The summed E-state index contributed by atoms with van der Waals surface area (Å²) in [4.78, 5) is 96.7. The molecule has 0 saturated carbocycles. The molecule has 0 fully saturated rings. The predicted octanol–water partition coefficient (Wildman–Crippen LogP) is 20.9. The summed E-state index contributed by atoms with van der Waals surface area (Å²) in [6.07, 6.45) is 16.5. The molecule has 17 rings (SSSR count). The molecule has 18 nitrogen and oxygen atoms in total. The summed E-state index contributed by atoms with van der Waals surface area (Å²) < 4.78 is 14.2. The Labute approximate surface area is 818 Å². The van der Waals surface area contributed by atoms with E-state index in [4.69, 9.17) is 20.1 Å². The van der Waals surface area contributed by atoms with Crippen molar-refractivity contribution in [3.05, 3.63) is 477 Å². The van der Waals surface area contributed by atoms with Gasteiger partial charge in [-0.05, 0) is 191 Å². The number of carbonyl (C=O) groups is 7. The number of alkyl halides is 1. The molecule has 0 aliphatic heterocycles. The Hall–Kier alpha value is -13.9. The van der Waals surface area contributed by atoms with Gasteiger partial charge in [-0.3, -0.25) is 4.79 Å². The van der Waals surface area contributed by atoms with Gasteiger partial charge in [0.2, 0.25) is 0 Å². The molecule has 0 radical (unpaired) electrons. The minimum Gasteiger partial charge on any atom is -1.00 e. The van der Waals surface area contributed by atoms with E-state index < -0.39 is 33.1 Å². The molecule has 0 saturated heterocycles. The minimum atomic E-state index is -1.99. The molecule has 27 heteroatoms. The van der Waals surface area contributed by atoms with E-state index in [0.29, 0.717) is 39.1 Å². The molecule has 0 bridgehead atoms. The molecular weight excluding hydrogens is 1950 g/mol. The van der Waals surface area contributed by atoms with Gasteiger partial charge in [0.1, 0.15) is 28.9 Å². The summed E-state index contributed by atoms with van der Waals surface area (Å²) in [5, 5.41) is 44.8. The number of benzene rings is 12. The Balaban J connectivity index is 0.000000176. The van der Waals surface area contributed by atoms with Crippen LogP contribution >= 0.6 is 87.8 Å². The largest absolute Gasteiger partial charge is 1.00 e. The maximum absolute atomic E-state index is 12.1. The zero-order chi connectivity index (χ0) is 94.0. The number of halogens is 2. The van der Waals surface area contributed by atoms with Crippen LogP contribution in [0.4, 0.5) is 0 Å². The number of hydrogen-bond donors (Lipinski definition) is 3. The van der Waals surface area contributed by atoms with Gasteiger partial charge >= 0.3 is 35.8 Å². The molecular formula is C107H89Br2N5O13P2S5. The van der Waals surface area contributed by atoms with E-state index in [1.807, 2.05) is 131 Å². The second-order valence-corrected chi connectivity index (χ2v) is 37.6. The van der Waals surface area contributed by atoms with Crippen molar-refractivity contribution in [2.75, 3.05) is 21.3 Å². The van der Waals surface area contributed by atoms with E-state index in [2.05, 4.69) is 238 Å². The van der Waals surface area contributed by atoms with Crippen LogP contribution in [0, 0.1) is 0 Å². The van der Waals surface area contributed by atoms with Crippen LogP contribution in [0.3, 0.4) is 0 Å². The quantitative estimate of drug-likeness (QED) is 0.0167. The number of nitrogens with zero attached hydrogens (tertiary/aromatic N) is 5. The van der Waals surface area contributed by atoms with Crippen LogP contribution in [-0.4, -0.2) is 104 Å². The van der Waals surface area contributed by atoms with Crippen molar-refractivity contribution in [3.8, 4) is 0 Å². The first-order chi connectivity index (χ1) is 64.9. The fourth-order valence-corrected chi connectivity index (χ4v) is 21.9. The lowest BCUT2D eigenvalue weighted by molar-refractivity contribution is -0.000111. The zero-order valence-corrected chi connectivity index (χ0v) is 81.5. The Bertz CT molecular complexity index is 6130. The molecule has 0 unspecified atom stereocenters. The van der Waals surface area contributed by atoms with Crippen LogP contribution in [0.1, 0.15) is 129 Å². The highest BCUT2D eigenvalue weighted by atomic mass is 79.9. The van der Waals surface area contributed by atoms with Crippen molar-refractivity contribution in [2.24, 2.45) is 0 Å². The van der Waals surface area contributed by atoms with Crippen molar-refractivity contribution in [3.63, 3.8) is 0 Å². The number of aldehydes is 1. The smallest absolute Gasteiger partial charge is 0.337 e. The second kappa shape index (κ2) is 57.4. The van der Waals surface area contributed by atoms with Gasteiger partial charge in [0.25, 0.3) is 0 Å². The highest BCUT2D eigenvalue weighted by molar-refractivity contribution is 9.08. The highest BCUT2D eigenvalue weighted by Crippen LogP contribution is 2.58. The normalized spacial score (nSPS) is 10.5. The average Bonchev–Trinajstić information content (AvgIpc) is 1.04. The molecule has 134 heavy (non-hydrogen) atoms. The van der Waals surface area contributed by atoms with Crippen LogP contribution in [0.25, 0.3) is 48.6 Å². The lowest BCUT2D eigenvalue weighted by Crippen LogP contribution is -3.00. The maximum atomic E-state index is 12.1. The van der Waals surface area contributed by atoms with Crippen molar-refractivity contribution < 1.29 is 80.1 Å². The molecule has 5 heterocycles. The summed E-state index contributed by atoms with van der Waals surface area (Å²) in [5.41, 5.74) is 21.1. The van der Waals surface area contributed by atoms with Crippen LogP contribution in [0.2, 0.25) is 0 Å². The fourth-order valence-electron chi connectivity index (χ4n) is 12.5. The molecule has 0 aliphatic rings. The first-order valence-electron chi connectivity index (χ1n) is 40.6. The molecule has 12 aromatic carbocycles. The van der Waals surface area contributed by atoms with E-state index >= 15 is 0 Å². The molecule has 0 amide bonds. The van der Waals surface area contributed by atoms with E-state index in [9.17, 15) is 33.6 Å². The van der Waals surface area contributed by atoms with Gasteiger partial charge in [-0.1, -0.05) is 259 Å². The van der Waals surface area contributed by atoms with Crippen molar-refractivity contribution >= 4 is 210 Å². The van der Waals surface area contributed by atoms with Gasteiger partial charge in [0, 0.05) is 32.2 Å². The molecule has 3 N–H and O–H groups in total. The third kappa shape index (κ3) is 34.0. The van der Waals surface area contributed by atoms with E-state index in [-0.39, 0.29) is 34.9 Å². The van der Waals surface area contributed by atoms with Gasteiger partial charge in [-0.2, -0.15) is 0 Å².